The fraction of sp³-hybridized carbons (Fsp3) is 0.733. The van der Waals surface area contributed by atoms with Crippen LogP contribution in [0.4, 0.5) is 13.2 Å². The van der Waals surface area contributed by atoms with Gasteiger partial charge in [-0.05, 0) is 32.4 Å². The molecule has 0 aliphatic carbocycles. The SMILES string of the molecule is Cl.FC(F)(F)COCCN(Cc1cncnc1)C1CCCNCC1. The summed E-state index contributed by atoms with van der Waals surface area (Å²) in [6, 6.07) is 0.333. The molecule has 0 radical (unpaired) electrons. The predicted molar refractivity (Wildman–Crippen MR) is 87.1 cm³/mol. The van der Waals surface area contributed by atoms with Gasteiger partial charge in [-0.3, -0.25) is 4.90 Å². The van der Waals surface area contributed by atoms with Crippen LogP contribution in [0, 0.1) is 0 Å². The third-order valence-corrected chi connectivity index (χ3v) is 3.85. The second-order valence-electron chi connectivity index (χ2n) is 5.72. The maximum atomic E-state index is 12.2. The molecule has 2 rings (SSSR count). The molecule has 1 aromatic rings. The van der Waals surface area contributed by atoms with Crippen molar-refractivity contribution in [3.63, 3.8) is 0 Å². The molecule has 1 atom stereocenters. The maximum Gasteiger partial charge on any atom is 0.411 e. The molecule has 1 unspecified atom stereocenters. The highest BCUT2D eigenvalue weighted by molar-refractivity contribution is 5.85. The van der Waals surface area contributed by atoms with Gasteiger partial charge in [0.1, 0.15) is 12.9 Å². The maximum absolute atomic E-state index is 12.2. The number of nitrogens with one attached hydrogen (secondary N) is 1. The Morgan fingerprint density at radius 3 is 2.67 bits per heavy atom. The molecule has 0 aromatic carbocycles. The van der Waals surface area contributed by atoms with E-state index in [2.05, 4.69) is 20.2 Å². The second-order valence-corrected chi connectivity index (χ2v) is 5.72. The summed E-state index contributed by atoms with van der Waals surface area (Å²) in [4.78, 5) is 10.2. The van der Waals surface area contributed by atoms with Gasteiger partial charge in [-0.25, -0.2) is 9.97 Å². The van der Waals surface area contributed by atoms with Gasteiger partial charge in [0.15, 0.2) is 0 Å². The fourth-order valence-electron chi connectivity index (χ4n) is 2.77. The second kappa shape index (κ2) is 10.8. The van der Waals surface area contributed by atoms with Crippen LogP contribution in [0.3, 0.4) is 0 Å². The first-order chi connectivity index (χ1) is 11.0. The zero-order valence-corrected chi connectivity index (χ0v) is 14.3. The van der Waals surface area contributed by atoms with E-state index in [1.807, 2.05) is 0 Å². The molecule has 1 aliphatic rings. The summed E-state index contributed by atoms with van der Waals surface area (Å²) in [6.07, 6.45) is 3.75. The topological polar surface area (TPSA) is 50.3 Å². The van der Waals surface area contributed by atoms with Gasteiger partial charge in [0.05, 0.1) is 6.61 Å². The number of nitrogens with zero attached hydrogens (tertiary/aromatic N) is 3. The van der Waals surface area contributed by atoms with Crippen LogP contribution in [0.25, 0.3) is 0 Å². The minimum absolute atomic E-state index is 0. The van der Waals surface area contributed by atoms with E-state index in [4.69, 9.17) is 4.74 Å². The number of rotatable bonds is 7. The number of alkyl halides is 3. The minimum Gasteiger partial charge on any atom is -0.371 e. The Balaban J connectivity index is 0.00000288. The summed E-state index contributed by atoms with van der Waals surface area (Å²) in [7, 11) is 0. The van der Waals surface area contributed by atoms with Gasteiger partial charge in [-0.2, -0.15) is 13.2 Å². The lowest BCUT2D eigenvalue weighted by molar-refractivity contribution is -0.175. The van der Waals surface area contributed by atoms with Gasteiger partial charge in [0.2, 0.25) is 0 Å². The number of aromatic nitrogens is 2. The average molecular weight is 369 g/mol. The van der Waals surface area contributed by atoms with Crippen LogP contribution in [-0.4, -0.2) is 59.9 Å². The van der Waals surface area contributed by atoms with E-state index in [0.29, 0.717) is 19.1 Å². The zero-order valence-electron chi connectivity index (χ0n) is 13.5. The Hall–Kier alpha value is -0.960. The molecular formula is C15H24ClF3N4O. The van der Waals surface area contributed by atoms with Crippen molar-refractivity contribution in [2.24, 2.45) is 0 Å². The summed E-state index contributed by atoms with van der Waals surface area (Å²) >= 11 is 0. The first-order valence-corrected chi connectivity index (χ1v) is 7.88. The van der Waals surface area contributed by atoms with Gasteiger partial charge in [0.25, 0.3) is 0 Å². The van der Waals surface area contributed by atoms with E-state index in [0.717, 1.165) is 37.9 Å². The van der Waals surface area contributed by atoms with Crippen molar-refractivity contribution in [3.8, 4) is 0 Å². The van der Waals surface area contributed by atoms with Crippen LogP contribution >= 0.6 is 12.4 Å². The molecule has 0 saturated carbocycles. The standard InChI is InChI=1S/C15H23F3N4O.ClH/c16-15(17,18)11-23-7-6-22(10-13-8-20-12-21-9-13)14-2-1-4-19-5-3-14;/h8-9,12,14,19H,1-7,10-11H2;1H. The van der Waals surface area contributed by atoms with Crippen LogP contribution in [0.15, 0.2) is 18.7 Å². The molecule has 0 spiro atoms. The van der Waals surface area contributed by atoms with Crippen LogP contribution in [-0.2, 0) is 11.3 Å². The third kappa shape index (κ3) is 8.23. The lowest BCUT2D eigenvalue weighted by Gasteiger charge is -2.30. The van der Waals surface area contributed by atoms with Crippen molar-refractivity contribution in [2.45, 2.75) is 38.0 Å². The summed E-state index contributed by atoms with van der Waals surface area (Å²) in [5.74, 6) is 0. The Labute approximate surface area is 146 Å². The van der Waals surface area contributed by atoms with Crippen LogP contribution in [0.5, 0.6) is 0 Å². The molecule has 1 aromatic heterocycles. The highest BCUT2D eigenvalue weighted by Crippen LogP contribution is 2.17. The van der Waals surface area contributed by atoms with Crippen molar-refractivity contribution in [1.82, 2.24) is 20.2 Å². The number of halogens is 4. The largest absolute Gasteiger partial charge is 0.411 e. The molecular weight excluding hydrogens is 345 g/mol. The molecule has 9 heteroatoms. The van der Waals surface area contributed by atoms with E-state index in [-0.39, 0.29) is 19.0 Å². The summed E-state index contributed by atoms with van der Waals surface area (Å²) in [6.45, 7) is 1.88. The molecule has 1 aliphatic heterocycles. The first kappa shape index (κ1) is 21.1. The molecule has 1 N–H and O–H groups in total. The average Bonchev–Trinajstić information content (AvgIpc) is 2.79. The van der Waals surface area contributed by atoms with E-state index < -0.39 is 12.8 Å². The van der Waals surface area contributed by atoms with Crippen molar-refractivity contribution in [1.29, 1.82) is 0 Å². The van der Waals surface area contributed by atoms with E-state index in [9.17, 15) is 13.2 Å². The Kier molecular flexibility index (Phi) is 9.50. The van der Waals surface area contributed by atoms with Gasteiger partial charge in [0, 0.05) is 37.1 Å². The molecule has 1 fully saturated rings. The Morgan fingerprint density at radius 2 is 1.96 bits per heavy atom. The van der Waals surface area contributed by atoms with Crippen molar-refractivity contribution >= 4 is 12.4 Å². The zero-order chi connectivity index (χ0) is 16.5. The van der Waals surface area contributed by atoms with Crippen molar-refractivity contribution < 1.29 is 17.9 Å². The molecule has 0 bridgehead atoms. The summed E-state index contributed by atoms with van der Waals surface area (Å²) < 4.78 is 41.3. The van der Waals surface area contributed by atoms with Gasteiger partial charge in [-0.1, -0.05) is 0 Å². The monoisotopic (exact) mass is 368 g/mol. The molecule has 2 heterocycles. The normalized spacial score (nSPS) is 18.9. The number of hydrogen-bond acceptors (Lipinski definition) is 5. The highest BCUT2D eigenvalue weighted by atomic mass is 35.5. The molecule has 24 heavy (non-hydrogen) atoms. The lowest BCUT2D eigenvalue weighted by Crippen LogP contribution is -2.38. The quantitative estimate of drug-likeness (QED) is 0.749. The fourth-order valence-corrected chi connectivity index (χ4v) is 2.77. The van der Waals surface area contributed by atoms with Crippen molar-refractivity contribution in [2.75, 3.05) is 32.8 Å². The number of hydrogen-bond donors (Lipinski definition) is 1. The smallest absolute Gasteiger partial charge is 0.371 e. The van der Waals surface area contributed by atoms with E-state index in [1.54, 1.807) is 12.4 Å². The van der Waals surface area contributed by atoms with Gasteiger partial charge < -0.3 is 10.1 Å². The van der Waals surface area contributed by atoms with Crippen molar-refractivity contribution in [3.05, 3.63) is 24.3 Å². The minimum atomic E-state index is -4.27. The number of ether oxygens (including phenoxy) is 1. The summed E-state index contributed by atoms with van der Waals surface area (Å²) in [5.41, 5.74) is 0.959. The third-order valence-electron chi connectivity index (χ3n) is 3.85. The summed E-state index contributed by atoms with van der Waals surface area (Å²) in [5, 5.41) is 3.35. The molecule has 1 saturated heterocycles. The molecule has 138 valence electrons. The van der Waals surface area contributed by atoms with Crippen LogP contribution < -0.4 is 5.32 Å². The van der Waals surface area contributed by atoms with Crippen LogP contribution in [0.1, 0.15) is 24.8 Å². The first-order valence-electron chi connectivity index (χ1n) is 7.88. The highest BCUT2D eigenvalue weighted by Gasteiger charge is 2.27. The van der Waals surface area contributed by atoms with E-state index in [1.165, 1.54) is 6.33 Å². The van der Waals surface area contributed by atoms with Gasteiger partial charge in [-0.15, -0.1) is 12.4 Å². The van der Waals surface area contributed by atoms with Gasteiger partial charge >= 0.3 is 6.18 Å². The lowest BCUT2D eigenvalue weighted by atomic mass is 10.1. The van der Waals surface area contributed by atoms with E-state index >= 15 is 0 Å². The molecule has 0 amide bonds. The Bertz CT molecular complexity index is 442. The molecule has 5 nitrogen and oxygen atoms in total. The van der Waals surface area contributed by atoms with Crippen LogP contribution in [0.2, 0.25) is 0 Å². The predicted octanol–water partition coefficient (Wildman–Crippen LogP) is 2.42. The Morgan fingerprint density at radius 1 is 1.21 bits per heavy atom.